The van der Waals surface area contributed by atoms with Gasteiger partial charge in [0.05, 0.1) is 23.6 Å². The molecule has 7 nitrogen and oxygen atoms in total. The van der Waals surface area contributed by atoms with Crippen LogP contribution in [0.1, 0.15) is 49.1 Å². The van der Waals surface area contributed by atoms with Crippen LogP contribution in [0.3, 0.4) is 0 Å². The highest BCUT2D eigenvalue weighted by Crippen LogP contribution is 2.22. The number of aromatic nitrogens is 2. The Bertz CT molecular complexity index is 1540. The van der Waals surface area contributed by atoms with Crippen molar-refractivity contribution < 1.29 is 18.7 Å². The van der Waals surface area contributed by atoms with Crippen molar-refractivity contribution in [3.8, 4) is 0 Å². The quantitative estimate of drug-likeness (QED) is 0.304. The summed E-state index contributed by atoms with van der Waals surface area (Å²) in [5.41, 5.74) is 5.74. The number of alkyl halides is 1. The fraction of sp³-hybridized carbons (Fsp3) is 0.344. The minimum absolute atomic E-state index is 0.149. The van der Waals surface area contributed by atoms with E-state index in [-0.39, 0.29) is 12.6 Å². The van der Waals surface area contributed by atoms with Gasteiger partial charge in [0.15, 0.2) is 6.67 Å². The van der Waals surface area contributed by atoms with Crippen molar-refractivity contribution in [1.82, 2.24) is 14.5 Å². The first kappa shape index (κ1) is 28.8. The largest absolute Gasteiger partial charge is 0.442 e. The molecule has 3 aromatic carbocycles. The second-order valence-electron chi connectivity index (χ2n) is 11.1. The van der Waals surface area contributed by atoms with Gasteiger partial charge < -0.3 is 19.2 Å². The first-order chi connectivity index (χ1) is 19.0. The van der Waals surface area contributed by atoms with Crippen LogP contribution in [0.15, 0.2) is 77.8 Å². The molecule has 0 saturated carbocycles. The molecule has 4 rings (SSSR count). The number of benzene rings is 3. The normalized spacial score (nSPS) is 12.9. The van der Waals surface area contributed by atoms with Crippen molar-refractivity contribution in [2.75, 3.05) is 13.2 Å². The van der Waals surface area contributed by atoms with Gasteiger partial charge in [-0.2, -0.15) is 0 Å². The third kappa shape index (κ3) is 7.25. The van der Waals surface area contributed by atoms with Gasteiger partial charge in [-0.15, -0.1) is 4.99 Å². The summed E-state index contributed by atoms with van der Waals surface area (Å²) in [7, 11) is 0. The predicted molar refractivity (Wildman–Crippen MR) is 155 cm³/mol. The van der Waals surface area contributed by atoms with Crippen LogP contribution in [-0.4, -0.2) is 40.0 Å². The Morgan fingerprint density at radius 1 is 0.900 bits per heavy atom. The Labute approximate surface area is 234 Å². The number of nitrogens with one attached hydrogen (secondary N) is 1. The average Bonchev–Trinajstić information content (AvgIpc) is 3.20. The van der Waals surface area contributed by atoms with Crippen LogP contribution in [0, 0.1) is 13.8 Å². The number of rotatable bonds is 8. The van der Waals surface area contributed by atoms with Crippen LogP contribution >= 0.6 is 0 Å². The van der Waals surface area contributed by atoms with Crippen LogP contribution in [-0.2, 0) is 22.5 Å². The summed E-state index contributed by atoms with van der Waals surface area (Å²) in [4.78, 5) is 29.6. The van der Waals surface area contributed by atoms with Crippen LogP contribution in [0.5, 0.6) is 0 Å². The molecule has 210 valence electrons. The number of para-hydroxylation sites is 2. The third-order valence-electron chi connectivity index (χ3n) is 6.55. The van der Waals surface area contributed by atoms with E-state index in [0.717, 1.165) is 33.3 Å². The summed E-state index contributed by atoms with van der Waals surface area (Å²) in [5, 5.41) is 2.71. The molecule has 1 aromatic heterocycles. The van der Waals surface area contributed by atoms with E-state index in [4.69, 9.17) is 4.74 Å². The number of amides is 2. The van der Waals surface area contributed by atoms with Crippen molar-refractivity contribution in [1.29, 1.82) is 0 Å². The maximum atomic E-state index is 13.1. The summed E-state index contributed by atoms with van der Waals surface area (Å²) >= 11 is 0. The van der Waals surface area contributed by atoms with E-state index in [0.29, 0.717) is 18.6 Å². The Morgan fingerprint density at radius 2 is 1.48 bits per heavy atom. The summed E-state index contributed by atoms with van der Waals surface area (Å²) < 4.78 is 22.7. The van der Waals surface area contributed by atoms with Crippen LogP contribution in [0.2, 0.25) is 0 Å². The number of aryl methyl sites for hydroxylation is 2. The number of hydrogen-bond acceptors (Lipinski definition) is 3. The minimum Gasteiger partial charge on any atom is -0.442 e. The Balaban J connectivity index is 1.94. The topological polar surface area (TPSA) is 77.6 Å². The zero-order valence-electron chi connectivity index (χ0n) is 23.8. The number of fused-ring (bicyclic) bond motifs is 1. The van der Waals surface area contributed by atoms with Crippen molar-refractivity contribution in [3.05, 3.63) is 101 Å². The standard InChI is InChI=1S/C32H37FN4O3/c1-22-10-14-24(15-11-22)18-26(20-34-29(38)19-33)37-28-9-7-6-8-27(28)36(21-25-16-12-23(2)13-17-25)30(37)35-31(39)40-32(3,4)5/h6-17,26H,18-21H2,1-5H3,(H,34,38)/t26-/m0/s1. The van der Waals surface area contributed by atoms with E-state index in [2.05, 4.69) is 22.4 Å². The third-order valence-corrected chi connectivity index (χ3v) is 6.55. The molecule has 0 aliphatic rings. The Morgan fingerprint density at radius 3 is 2.05 bits per heavy atom. The molecule has 0 aliphatic heterocycles. The zero-order valence-corrected chi connectivity index (χ0v) is 23.8. The van der Waals surface area contributed by atoms with E-state index in [1.165, 1.54) is 0 Å². The second-order valence-corrected chi connectivity index (χ2v) is 11.1. The first-order valence-corrected chi connectivity index (χ1v) is 13.5. The van der Waals surface area contributed by atoms with Gasteiger partial charge in [-0.1, -0.05) is 71.8 Å². The number of carbonyl (C=O) groups is 2. The lowest BCUT2D eigenvalue weighted by atomic mass is 10.0. The van der Waals surface area contributed by atoms with Gasteiger partial charge in [-0.25, -0.2) is 9.18 Å². The number of nitrogens with zero attached hydrogens (tertiary/aromatic N) is 3. The van der Waals surface area contributed by atoms with Gasteiger partial charge in [-0.05, 0) is 64.3 Å². The fourth-order valence-corrected chi connectivity index (χ4v) is 4.64. The molecule has 0 saturated heterocycles. The summed E-state index contributed by atoms with van der Waals surface area (Å²) in [6, 6.07) is 23.8. The van der Waals surface area contributed by atoms with Crippen molar-refractivity contribution in [2.45, 2.75) is 59.2 Å². The summed E-state index contributed by atoms with van der Waals surface area (Å²) in [6.45, 7) is 8.95. The number of ether oxygens (including phenoxy) is 1. The average molecular weight is 545 g/mol. The van der Waals surface area contributed by atoms with Gasteiger partial charge in [0.1, 0.15) is 5.60 Å². The maximum Gasteiger partial charge on any atom is 0.437 e. The Hall–Kier alpha value is -4.20. The highest BCUT2D eigenvalue weighted by Gasteiger charge is 2.23. The SMILES string of the molecule is Cc1ccc(C[C@@H](CNC(=O)CF)n2c(=NC(=O)OC(C)(C)C)n(Cc3ccc(C)cc3)c3ccccc32)cc1. The molecular weight excluding hydrogens is 507 g/mol. The molecule has 0 unspecified atom stereocenters. The molecule has 0 fully saturated rings. The second kappa shape index (κ2) is 12.3. The van der Waals surface area contributed by atoms with E-state index < -0.39 is 24.3 Å². The summed E-state index contributed by atoms with van der Waals surface area (Å²) in [6.07, 6.45) is -0.191. The molecule has 8 heteroatoms. The highest BCUT2D eigenvalue weighted by molar-refractivity contribution is 5.78. The number of imidazole rings is 1. The smallest absolute Gasteiger partial charge is 0.437 e. The molecule has 0 radical (unpaired) electrons. The predicted octanol–water partition coefficient (Wildman–Crippen LogP) is 5.81. The van der Waals surface area contributed by atoms with Gasteiger partial charge in [-0.3, -0.25) is 4.79 Å². The van der Waals surface area contributed by atoms with Gasteiger partial charge >= 0.3 is 6.09 Å². The van der Waals surface area contributed by atoms with Crippen molar-refractivity contribution in [2.24, 2.45) is 4.99 Å². The molecule has 0 bridgehead atoms. The molecule has 1 N–H and O–H groups in total. The number of hydrogen-bond donors (Lipinski definition) is 1. The molecule has 4 aromatic rings. The first-order valence-electron chi connectivity index (χ1n) is 13.5. The lowest BCUT2D eigenvalue weighted by Crippen LogP contribution is -2.38. The van der Waals surface area contributed by atoms with Gasteiger partial charge in [0, 0.05) is 6.54 Å². The van der Waals surface area contributed by atoms with Gasteiger partial charge in [0.25, 0.3) is 5.91 Å². The van der Waals surface area contributed by atoms with Gasteiger partial charge in [0.2, 0.25) is 5.62 Å². The molecule has 0 aliphatic carbocycles. The maximum absolute atomic E-state index is 13.1. The lowest BCUT2D eigenvalue weighted by Gasteiger charge is -2.21. The van der Waals surface area contributed by atoms with E-state index in [9.17, 15) is 14.0 Å². The lowest BCUT2D eigenvalue weighted by molar-refractivity contribution is -0.122. The summed E-state index contributed by atoms with van der Waals surface area (Å²) in [5.74, 6) is -0.691. The Kier molecular flexibility index (Phi) is 8.87. The molecule has 0 spiro atoms. The molecule has 1 atom stereocenters. The monoisotopic (exact) mass is 544 g/mol. The number of halogens is 1. The number of carbonyl (C=O) groups excluding carboxylic acids is 2. The molecular formula is C32H37FN4O3. The van der Waals surface area contributed by atoms with Crippen molar-refractivity contribution >= 4 is 23.0 Å². The fourth-order valence-electron chi connectivity index (χ4n) is 4.64. The van der Waals surface area contributed by atoms with E-state index in [1.54, 1.807) is 20.8 Å². The van der Waals surface area contributed by atoms with Crippen LogP contribution in [0.4, 0.5) is 9.18 Å². The molecule has 2 amide bonds. The van der Waals surface area contributed by atoms with E-state index >= 15 is 0 Å². The molecule has 1 heterocycles. The van der Waals surface area contributed by atoms with Crippen molar-refractivity contribution in [3.63, 3.8) is 0 Å². The van der Waals surface area contributed by atoms with Crippen LogP contribution in [0.25, 0.3) is 11.0 Å². The van der Waals surface area contributed by atoms with E-state index in [1.807, 2.05) is 83.6 Å². The minimum atomic E-state index is -1.10. The van der Waals surface area contributed by atoms with Crippen LogP contribution < -0.4 is 10.9 Å². The molecule has 40 heavy (non-hydrogen) atoms. The highest BCUT2D eigenvalue weighted by atomic mass is 19.1. The zero-order chi connectivity index (χ0) is 28.9.